The van der Waals surface area contributed by atoms with Gasteiger partial charge in [0, 0.05) is 16.1 Å². The molecule has 2 rings (SSSR count). The van der Waals surface area contributed by atoms with Crippen molar-refractivity contribution in [3.8, 4) is 5.75 Å². The van der Waals surface area contributed by atoms with Gasteiger partial charge in [-0.2, -0.15) is 0 Å². The molecule has 2 nitrogen and oxygen atoms in total. The van der Waals surface area contributed by atoms with Crippen LogP contribution >= 0.6 is 15.9 Å². The molecule has 0 heterocycles. The van der Waals surface area contributed by atoms with E-state index in [0.29, 0.717) is 12.0 Å². The first-order valence-electron chi connectivity index (χ1n) is 7.57. The topological polar surface area (TPSA) is 21.3 Å². The Morgan fingerprint density at radius 1 is 1.25 bits per heavy atom. The predicted molar refractivity (Wildman–Crippen MR) is 88.2 cm³/mol. The average molecular weight is 340 g/mol. The Morgan fingerprint density at radius 2 is 2.00 bits per heavy atom. The van der Waals surface area contributed by atoms with Crippen LogP contribution in [0.2, 0.25) is 0 Å². The molecule has 0 radical (unpaired) electrons. The van der Waals surface area contributed by atoms with Crippen LogP contribution in [0, 0.1) is 17.8 Å². The van der Waals surface area contributed by atoms with E-state index >= 15 is 0 Å². The van der Waals surface area contributed by atoms with E-state index in [1.165, 1.54) is 24.8 Å². The highest BCUT2D eigenvalue weighted by Gasteiger charge is 2.31. The molecule has 1 N–H and O–H groups in total. The Hall–Kier alpha value is -0.540. The van der Waals surface area contributed by atoms with Crippen LogP contribution in [0.1, 0.15) is 44.7 Å². The highest BCUT2D eigenvalue weighted by molar-refractivity contribution is 9.10. The molecule has 1 aromatic carbocycles. The fourth-order valence-corrected chi connectivity index (χ4v) is 3.82. The fraction of sp³-hybridized carbons (Fsp3) is 0.647. The summed E-state index contributed by atoms with van der Waals surface area (Å²) in [5, 5.41) is 3.52. The molecule has 1 fully saturated rings. The van der Waals surface area contributed by atoms with Gasteiger partial charge in [-0.25, -0.2) is 0 Å². The maximum atomic E-state index is 5.58. The molecule has 0 saturated heterocycles. The molecule has 0 amide bonds. The quantitative estimate of drug-likeness (QED) is 0.851. The van der Waals surface area contributed by atoms with Crippen molar-refractivity contribution in [1.29, 1.82) is 0 Å². The van der Waals surface area contributed by atoms with Gasteiger partial charge in [-0.15, -0.1) is 0 Å². The molecule has 0 aliphatic heterocycles. The van der Waals surface area contributed by atoms with Crippen LogP contribution in [0.4, 0.5) is 0 Å². The van der Waals surface area contributed by atoms with E-state index < -0.39 is 0 Å². The van der Waals surface area contributed by atoms with Gasteiger partial charge in [-0.1, -0.05) is 42.3 Å². The lowest BCUT2D eigenvalue weighted by Crippen LogP contribution is -2.31. The minimum absolute atomic E-state index is 0.382. The van der Waals surface area contributed by atoms with Crippen molar-refractivity contribution in [3.63, 3.8) is 0 Å². The number of rotatable bonds is 4. The second-order valence-electron chi connectivity index (χ2n) is 6.18. The highest BCUT2D eigenvalue weighted by atomic mass is 79.9. The van der Waals surface area contributed by atoms with E-state index in [9.17, 15) is 0 Å². The van der Waals surface area contributed by atoms with Gasteiger partial charge in [0.2, 0.25) is 0 Å². The zero-order valence-electron chi connectivity index (χ0n) is 12.9. The monoisotopic (exact) mass is 339 g/mol. The normalized spacial score (nSPS) is 28.1. The lowest BCUT2D eigenvalue weighted by atomic mass is 9.72. The second kappa shape index (κ2) is 6.95. The summed E-state index contributed by atoms with van der Waals surface area (Å²) in [6, 6.07) is 6.74. The molecule has 0 aromatic heterocycles. The maximum Gasteiger partial charge on any atom is 0.124 e. The molecule has 1 aromatic rings. The summed E-state index contributed by atoms with van der Waals surface area (Å²) in [6.07, 6.45) is 3.94. The van der Waals surface area contributed by atoms with Gasteiger partial charge >= 0.3 is 0 Å². The van der Waals surface area contributed by atoms with Crippen LogP contribution in [-0.2, 0) is 0 Å². The first-order chi connectivity index (χ1) is 9.56. The summed E-state index contributed by atoms with van der Waals surface area (Å²) >= 11 is 3.52. The lowest BCUT2D eigenvalue weighted by Gasteiger charge is -2.37. The summed E-state index contributed by atoms with van der Waals surface area (Å²) in [5.74, 6) is 3.34. The third-order valence-electron chi connectivity index (χ3n) is 4.95. The summed E-state index contributed by atoms with van der Waals surface area (Å²) < 4.78 is 6.65. The van der Waals surface area contributed by atoms with Crippen LogP contribution in [0.3, 0.4) is 0 Å². The molecular formula is C17H26BrNO. The molecule has 1 saturated carbocycles. The summed E-state index contributed by atoms with van der Waals surface area (Å²) in [4.78, 5) is 0. The number of hydrogen-bond acceptors (Lipinski definition) is 2. The van der Waals surface area contributed by atoms with Gasteiger partial charge in [0.05, 0.1) is 7.11 Å². The van der Waals surface area contributed by atoms with Crippen molar-refractivity contribution >= 4 is 15.9 Å². The predicted octanol–water partition coefficient (Wildman–Crippen LogP) is 4.79. The Kier molecular flexibility index (Phi) is 5.50. The van der Waals surface area contributed by atoms with E-state index in [4.69, 9.17) is 4.74 Å². The first kappa shape index (κ1) is 15.8. The van der Waals surface area contributed by atoms with Crippen molar-refractivity contribution < 1.29 is 4.74 Å². The summed E-state index contributed by atoms with van der Waals surface area (Å²) in [6.45, 7) is 4.78. The molecule has 1 aliphatic rings. The molecule has 3 heteroatoms. The molecule has 4 unspecified atom stereocenters. The van der Waals surface area contributed by atoms with Crippen LogP contribution in [0.25, 0.3) is 0 Å². The molecule has 0 spiro atoms. The third-order valence-corrected chi connectivity index (χ3v) is 5.44. The Balaban J connectivity index is 2.24. The Labute approximate surface area is 131 Å². The zero-order chi connectivity index (χ0) is 14.7. The van der Waals surface area contributed by atoms with Crippen molar-refractivity contribution in [1.82, 2.24) is 5.32 Å². The molecule has 0 bridgehead atoms. The summed E-state index contributed by atoms with van der Waals surface area (Å²) in [7, 11) is 3.82. The fourth-order valence-electron chi connectivity index (χ4n) is 3.48. The Morgan fingerprint density at radius 3 is 2.60 bits per heavy atom. The lowest BCUT2D eigenvalue weighted by molar-refractivity contribution is 0.173. The van der Waals surface area contributed by atoms with Gasteiger partial charge in [0.25, 0.3) is 0 Å². The molecule has 4 atom stereocenters. The van der Waals surface area contributed by atoms with Gasteiger partial charge < -0.3 is 10.1 Å². The number of halogens is 1. The highest BCUT2D eigenvalue weighted by Crippen LogP contribution is 2.42. The van der Waals surface area contributed by atoms with Crippen molar-refractivity contribution in [2.24, 2.45) is 17.8 Å². The maximum absolute atomic E-state index is 5.58. The van der Waals surface area contributed by atoms with Crippen molar-refractivity contribution in [3.05, 3.63) is 28.2 Å². The van der Waals surface area contributed by atoms with E-state index in [-0.39, 0.29) is 0 Å². The molecular weight excluding hydrogens is 314 g/mol. The number of nitrogens with one attached hydrogen (secondary N) is 1. The Bertz CT molecular complexity index is 449. The summed E-state index contributed by atoms with van der Waals surface area (Å²) in [5.41, 5.74) is 1.28. The number of benzene rings is 1. The minimum Gasteiger partial charge on any atom is -0.496 e. The van der Waals surface area contributed by atoms with E-state index in [1.807, 2.05) is 0 Å². The standard InChI is InChI=1S/C17H26BrNO/c1-11-5-6-13(9-12(11)2)17(19-3)15-8-7-14(18)10-16(15)20-4/h7-8,10-13,17,19H,5-6,9H2,1-4H3. The van der Waals surface area contributed by atoms with Crippen LogP contribution < -0.4 is 10.1 Å². The van der Waals surface area contributed by atoms with Gasteiger partial charge in [0.15, 0.2) is 0 Å². The second-order valence-corrected chi connectivity index (χ2v) is 7.10. The number of ether oxygens (including phenoxy) is 1. The number of methoxy groups -OCH3 is 1. The average Bonchev–Trinajstić information content (AvgIpc) is 2.44. The van der Waals surface area contributed by atoms with Gasteiger partial charge in [-0.05, 0) is 49.8 Å². The van der Waals surface area contributed by atoms with Crippen molar-refractivity contribution in [2.75, 3.05) is 14.2 Å². The zero-order valence-corrected chi connectivity index (χ0v) is 14.5. The van der Waals surface area contributed by atoms with Crippen LogP contribution in [0.15, 0.2) is 22.7 Å². The minimum atomic E-state index is 0.382. The smallest absolute Gasteiger partial charge is 0.124 e. The van der Waals surface area contributed by atoms with E-state index in [2.05, 4.69) is 60.3 Å². The third kappa shape index (κ3) is 3.37. The van der Waals surface area contributed by atoms with Crippen LogP contribution in [-0.4, -0.2) is 14.2 Å². The van der Waals surface area contributed by atoms with E-state index in [0.717, 1.165) is 22.1 Å². The van der Waals surface area contributed by atoms with Gasteiger partial charge in [-0.3, -0.25) is 0 Å². The van der Waals surface area contributed by atoms with Crippen LogP contribution in [0.5, 0.6) is 5.75 Å². The van der Waals surface area contributed by atoms with E-state index in [1.54, 1.807) is 7.11 Å². The SMILES string of the molecule is CNC(c1ccc(Br)cc1OC)C1CCC(C)C(C)C1. The molecule has 112 valence electrons. The number of hydrogen-bond donors (Lipinski definition) is 1. The molecule has 20 heavy (non-hydrogen) atoms. The largest absolute Gasteiger partial charge is 0.496 e. The van der Waals surface area contributed by atoms with Gasteiger partial charge in [0.1, 0.15) is 5.75 Å². The first-order valence-corrected chi connectivity index (χ1v) is 8.36. The molecule has 1 aliphatic carbocycles. The van der Waals surface area contributed by atoms with Crippen molar-refractivity contribution in [2.45, 2.75) is 39.2 Å².